The number of anilines is 1. The Morgan fingerprint density at radius 1 is 1.00 bits per heavy atom. The SMILES string of the molecule is Cc1cc(Cl)cc2sc(N(Cc3cccnc3)C(=O)c3cccc(Oc4ccccc4)c3)nc12. The highest BCUT2D eigenvalue weighted by Gasteiger charge is 2.23. The van der Waals surface area contributed by atoms with Crippen LogP contribution in [0.25, 0.3) is 10.2 Å². The van der Waals surface area contributed by atoms with Gasteiger partial charge in [0.05, 0.1) is 16.8 Å². The number of carbonyl (C=O) groups is 1. The lowest BCUT2D eigenvalue weighted by molar-refractivity contribution is 0.0985. The number of ether oxygens (including phenoxy) is 1. The molecule has 5 nitrogen and oxygen atoms in total. The molecule has 0 aliphatic heterocycles. The number of carbonyl (C=O) groups excluding carboxylic acids is 1. The number of thiazole rings is 1. The minimum absolute atomic E-state index is 0.176. The van der Waals surface area contributed by atoms with Gasteiger partial charge in [-0.15, -0.1) is 0 Å². The van der Waals surface area contributed by atoms with Crippen molar-refractivity contribution < 1.29 is 9.53 Å². The smallest absolute Gasteiger partial charge is 0.260 e. The first kappa shape index (κ1) is 22.1. The van der Waals surface area contributed by atoms with Gasteiger partial charge in [0.25, 0.3) is 5.91 Å². The van der Waals surface area contributed by atoms with E-state index in [0.717, 1.165) is 21.3 Å². The number of nitrogens with zero attached hydrogens (tertiary/aromatic N) is 3. The Hall–Kier alpha value is -3.74. The van der Waals surface area contributed by atoms with E-state index in [2.05, 4.69) is 4.98 Å². The molecule has 0 fully saturated rings. The van der Waals surface area contributed by atoms with E-state index in [-0.39, 0.29) is 5.91 Å². The fourth-order valence-electron chi connectivity index (χ4n) is 3.63. The Labute approximate surface area is 206 Å². The molecule has 7 heteroatoms. The van der Waals surface area contributed by atoms with Crippen molar-refractivity contribution in [3.8, 4) is 11.5 Å². The molecular weight excluding hydrogens is 466 g/mol. The monoisotopic (exact) mass is 485 g/mol. The Morgan fingerprint density at radius 2 is 1.82 bits per heavy atom. The molecule has 0 atom stereocenters. The maximum atomic E-state index is 13.8. The van der Waals surface area contributed by atoms with Gasteiger partial charge in [0.2, 0.25) is 0 Å². The average molecular weight is 486 g/mol. The lowest BCUT2D eigenvalue weighted by atomic mass is 10.1. The third kappa shape index (κ3) is 4.78. The van der Waals surface area contributed by atoms with Crippen LogP contribution in [0.2, 0.25) is 5.02 Å². The predicted molar refractivity (Wildman–Crippen MR) is 137 cm³/mol. The third-order valence-corrected chi connectivity index (χ3v) is 6.48. The van der Waals surface area contributed by atoms with Crippen molar-refractivity contribution in [1.82, 2.24) is 9.97 Å². The molecule has 1 amide bonds. The topological polar surface area (TPSA) is 55.3 Å². The summed E-state index contributed by atoms with van der Waals surface area (Å²) in [4.78, 5) is 24.5. The summed E-state index contributed by atoms with van der Waals surface area (Å²) in [6.45, 7) is 2.30. The number of aryl methyl sites for hydroxylation is 1. The van der Waals surface area contributed by atoms with Crippen LogP contribution in [0.5, 0.6) is 11.5 Å². The van der Waals surface area contributed by atoms with Gasteiger partial charge >= 0.3 is 0 Å². The van der Waals surface area contributed by atoms with Crippen molar-refractivity contribution in [3.63, 3.8) is 0 Å². The van der Waals surface area contributed by atoms with Crippen LogP contribution < -0.4 is 9.64 Å². The second-order valence-corrected chi connectivity index (χ2v) is 9.21. The fourth-order valence-corrected chi connectivity index (χ4v) is 5.05. The van der Waals surface area contributed by atoms with Gasteiger partial charge in [-0.25, -0.2) is 4.98 Å². The molecule has 3 aromatic carbocycles. The van der Waals surface area contributed by atoms with Crippen LogP contribution in [0.15, 0.2) is 91.3 Å². The van der Waals surface area contributed by atoms with E-state index < -0.39 is 0 Å². The zero-order valence-corrected chi connectivity index (χ0v) is 19.9. The molecule has 2 heterocycles. The molecule has 0 N–H and O–H groups in total. The van der Waals surface area contributed by atoms with E-state index in [9.17, 15) is 4.79 Å². The summed E-state index contributed by atoms with van der Waals surface area (Å²) in [6, 6.07) is 24.2. The van der Waals surface area contributed by atoms with Gasteiger partial charge in [-0.3, -0.25) is 14.7 Å². The largest absolute Gasteiger partial charge is 0.457 e. The van der Waals surface area contributed by atoms with Crippen molar-refractivity contribution >= 4 is 44.2 Å². The Kier molecular flexibility index (Phi) is 6.25. The van der Waals surface area contributed by atoms with Gasteiger partial charge < -0.3 is 4.74 Å². The number of pyridine rings is 1. The van der Waals surface area contributed by atoms with Gasteiger partial charge in [-0.2, -0.15) is 0 Å². The maximum absolute atomic E-state index is 13.8. The van der Waals surface area contributed by atoms with E-state index in [1.807, 2.05) is 73.7 Å². The molecule has 0 aliphatic rings. The minimum Gasteiger partial charge on any atom is -0.457 e. The van der Waals surface area contributed by atoms with E-state index in [1.165, 1.54) is 11.3 Å². The van der Waals surface area contributed by atoms with Crippen LogP contribution in [0, 0.1) is 6.92 Å². The van der Waals surface area contributed by atoms with Crippen LogP contribution >= 0.6 is 22.9 Å². The van der Waals surface area contributed by atoms with Crippen molar-refractivity contribution in [3.05, 3.63) is 113 Å². The molecule has 0 saturated heterocycles. The average Bonchev–Trinajstić information content (AvgIpc) is 3.28. The van der Waals surface area contributed by atoms with Gasteiger partial charge in [0, 0.05) is 23.0 Å². The second-order valence-electron chi connectivity index (χ2n) is 7.76. The molecule has 168 valence electrons. The van der Waals surface area contributed by atoms with Crippen LogP contribution in [0.4, 0.5) is 5.13 Å². The number of aromatic nitrogens is 2. The summed E-state index contributed by atoms with van der Waals surface area (Å²) in [6.07, 6.45) is 3.47. The van der Waals surface area contributed by atoms with Gasteiger partial charge in [-0.1, -0.05) is 53.3 Å². The fraction of sp³-hybridized carbons (Fsp3) is 0.0741. The predicted octanol–water partition coefficient (Wildman–Crippen LogP) is 7.29. The van der Waals surface area contributed by atoms with E-state index >= 15 is 0 Å². The summed E-state index contributed by atoms with van der Waals surface area (Å²) >= 11 is 7.70. The molecule has 0 spiro atoms. The number of rotatable bonds is 6. The molecule has 5 rings (SSSR count). The maximum Gasteiger partial charge on any atom is 0.260 e. The first-order chi connectivity index (χ1) is 16.6. The highest BCUT2D eigenvalue weighted by molar-refractivity contribution is 7.22. The van der Waals surface area contributed by atoms with E-state index in [1.54, 1.807) is 29.4 Å². The normalized spacial score (nSPS) is 10.9. The zero-order valence-electron chi connectivity index (χ0n) is 18.3. The number of amides is 1. The highest BCUT2D eigenvalue weighted by Crippen LogP contribution is 2.34. The van der Waals surface area contributed by atoms with Crippen molar-refractivity contribution in [2.75, 3.05) is 4.90 Å². The standard InChI is InChI=1S/C27H20ClN3O2S/c1-18-13-21(28)15-24-25(18)30-27(34-24)31(17-19-7-6-12-29-16-19)26(32)20-8-5-11-23(14-20)33-22-9-3-2-4-10-22/h2-16H,17H2,1H3. The zero-order chi connectivity index (χ0) is 23.5. The number of fused-ring (bicyclic) bond motifs is 1. The molecule has 0 radical (unpaired) electrons. The van der Waals surface area contributed by atoms with Crippen LogP contribution in [0.3, 0.4) is 0 Å². The van der Waals surface area contributed by atoms with E-state index in [0.29, 0.717) is 33.8 Å². The molecular formula is C27H20ClN3O2S. The molecule has 2 aromatic heterocycles. The lowest BCUT2D eigenvalue weighted by Crippen LogP contribution is -2.30. The number of para-hydroxylation sites is 1. The summed E-state index contributed by atoms with van der Waals surface area (Å²) in [5.41, 5.74) is 3.22. The number of benzene rings is 3. The Bertz CT molecular complexity index is 1460. The van der Waals surface area contributed by atoms with Gasteiger partial charge in [0.15, 0.2) is 5.13 Å². The van der Waals surface area contributed by atoms with Gasteiger partial charge in [-0.05, 0) is 66.6 Å². The number of halogens is 1. The highest BCUT2D eigenvalue weighted by atomic mass is 35.5. The Balaban J connectivity index is 1.52. The van der Waals surface area contributed by atoms with Crippen LogP contribution in [0.1, 0.15) is 21.5 Å². The molecule has 34 heavy (non-hydrogen) atoms. The first-order valence-corrected chi connectivity index (χ1v) is 11.9. The molecule has 0 saturated carbocycles. The van der Waals surface area contributed by atoms with Crippen molar-refractivity contribution in [2.24, 2.45) is 0 Å². The molecule has 0 aliphatic carbocycles. The van der Waals surface area contributed by atoms with E-state index in [4.69, 9.17) is 21.3 Å². The van der Waals surface area contributed by atoms with Crippen LogP contribution in [-0.4, -0.2) is 15.9 Å². The van der Waals surface area contributed by atoms with Crippen molar-refractivity contribution in [2.45, 2.75) is 13.5 Å². The summed E-state index contributed by atoms with van der Waals surface area (Å²) in [5, 5.41) is 1.25. The third-order valence-electron chi connectivity index (χ3n) is 5.24. The van der Waals surface area contributed by atoms with Crippen molar-refractivity contribution in [1.29, 1.82) is 0 Å². The second kappa shape index (κ2) is 9.63. The molecule has 5 aromatic rings. The first-order valence-electron chi connectivity index (χ1n) is 10.7. The Morgan fingerprint density at radius 3 is 2.62 bits per heavy atom. The van der Waals surface area contributed by atoms with Gasteiger partial charge in [0.1, 0.15) is 11.5 Å². The van der Waals surface area contributed by atoms with Crippen LogP contribution in [-0.2, 0) is 6.54 Å². The number of hydrogen-bond donors (Lipinski definition) is 0. The number of hydrogen-bond acceptors (Lipinski definition) is 5. The quantitative estimate of drug-likeness (QED) is 0.253. The molecule has 0 unspecified atom stereocenters. The summed E-state index contributed by atoms with van der Waals surface area (Å²) < 4.78 is 6.88. The lowest BCUT2D eigenvalue weighted by Gasteiger charge is -2.20. The molecule has 0 bridgehead atoms. The minimum atomic E-state index is -0.176. The summed E-state index contributed by atoms with van der Waals surface area (Å²) in [7, 11) is 0. The summed E-state index contributed by atoms with van der Waals surface area (Å²) in [5.74, 6) is 1.12.